The highest BCUT2D eigenvalue weighted by Gasteiger charge is 2.54. The highest BCUT2D eigenvalue weighted by Crippen LogP contribution is 2.61. The molecule has 1 N–H and O–H groups in total. The molecule has 0 saturated heterocycles. The minimum Gasteiger partial charge on any atom is -0.481 e. The number of hydrogen-bond acceptors (Lipinski definition) is 1. The van der Waals surface area contributed by atoms with Crippen LogP contribution in [0.4, 0.5) is 0 Å². The molecule has 1 saturated carbocycles. The molecule has 2 aliphatic rings. The van der Waals surface area contributed by atoms with Gasteiger partial charge in [-0.2, -0.15) is 0 Å². The molecule has 4 unspecified atom stereocenters. The maximum absolute atomic E-state index is 11.4. The van der Waals surface area contributed by atoms with Crippen LogP contribution in [0.5, 0.6) is 0 Å². The third kappa shape index (κ3) is 2.34. The first kappa shape index (κ1) is 14.6. The number of rotatable bonds is 2. The summed E-state index contributed by atoms with van der Waals surface area (Å²) in [6.07, 6.45) is 9.66. The molecule has 108 valence electrons. The van der Waals surface area contributed by atoms with Crippen molar-refractivity contribution in [3.05, 3.63) is 12.2 Å². The number of hydrogen-bond donors (Lipinski definition) is 1. The van der Waals surface area contributed by atoms with Crippen LogP contribution in [0.2, 0.25) is 0 Å². The fourth-order valence-electron chi connectivity index (χ4n) is 5.04. The molecule has 0 bridgehead atoms. The normalized spacial score (nSPS) is 41.4. The van der Waals surface area contributed by atoms with Crippen molar-refractivity contribution in [2.75, 3.05) is 0 Å². The van der Waals surface area contributed by atoms with Crippen molar-refractivity contribution >= 4 is 5.97 Å². The lowest BCUT2D eigenvalue weighted by Crippen LogP contribution is -2.52. The van der Waals surface area contributed by atoms with E-state index < -0.39 is 5.97 Å². The van der Waals surface area contributed by atoms with Crippen LogP contribution in [-0.4, -0.2) is 11.1 Å². The van der Waals surface area contributed by atoms with Gasteiger partial charge >= 0.3 is 5.97 Å². The van der Waals surface area contributed by atoms with Gasteiger partial charge in [0.2, 0.25) is 0 Å². The van der Waals surface area contributed by atoms with E-state index in [1.165, 1.54) is 12.8 Å². The molecule has 0 radical (unpaired) electrons. The van der Waals surface area contributed by atoms with Crippen LogP contribution in [0, 0.1) is 28.6 Å². The topological polar surface area (TPSA) is 37.3 Å². The van der Waals surface area contributed by atoms with Crippen LogP contribution in [-0.2, 0) is 4.79 Å². The van der Waals surface area contributed by atoms with Crippen LogP contribution >= 0.6 is 0 Å². The molecule has 2 rings (SSSR count). The van der Waals surface area contributed by atoms with E-state index in [-0.39, 0.29) is 10.8 Å². The predicted molar refractivity (Wildman–Crippen MR) is 77.9 cm³/mol. The summed E-state index contributed by atoms with van der Waals surface area (Å²) >= 11 is 0. The monoisotopic (exact) mass is 264 g/mol. The van der Waals surface area contributed by atoms with E-state index >= 15 is 0 Å². The zero-order chi connectivity index (χ0) is 14.3. The van der Waals surface area contributed by atoms with Gasteiger partial charge in [0.25, 0.3) is 0 Å². The van der Waals surface area contributed by atoms with Crippen LogP contribution < -0.4 is 0 Å². The molecular formula is C17H28O2. The largest absolute Gasteiger partial charge is 0.481 e. The molecule has 2 heteroatoms. The number of allylic oxidation sites excluding steroid dienone is 2. The molecule has 0 aromatic rings. The van der Waals surface area contributed by atoms with E-state index in [9.17, 15) is 9.90 Å². The molecule has 1 spiro atoms. The second kappa shape index (κ2) is 4.96. The van der Waals surface area contributed by atoms with Gasteiger partial charge in [0, 0.05) is 6.42 Å². The smallest absolute Gasteiger partial charge is 0.303 e. The fraction of sp³-hybridized carbons (Fsp3) is 0.824. The Balaban J connectivity index is 2.44. The lowest BCUT2D eigenvalue weighted by Gasteiger charge is -2.58. The molecular weight excluding hydrogens is 236 g/mol. The van der Waals surface area contributed by atoms with Gasteiger partial charge in [-0.25, -0.2) is 0 Å². The Morgan fingerprint density at radius 3 is 2.58 bits per heavy atom. The van der Waals surface area contributed by atoms with Crippen molar-refractivity contribution in [2.45, 2.75) is 59.8 Å². The zero-order valence-electron chi connectivity index (χ0n) is 12.8. The molecule has 0 amide bonds. The highest BCUT2D eigenvalue weighted by molar-refractivity contribution is 5.67. The van der Waals surface area contributed by atoms with E-state index in [4.69, 9.17) is 0 Å². The molecule has 0 aromatic heterocycles. The van der Waals surface area contributed by atoms with E-state index in [1.54, 1.807) is 0 Å². The van der Waals surface area contributed by atoms with Crippen molar-refractivity contribution in [2.24, 2.45) is 28.6 Å². The average Bonchev–Trinajstić information content (AvgIpc) is 2.29. The molecule has 19 heavy (non-hydrogen) atoms. The maximum Gasteiger partial charge on any atom is 0.303 e. The molecule has 0 heterocycles. The van der Waals surface area contributed by atoms with Crippen molar-refractivity contribution in [1.82, 2.24) is 0 Å². The van der Waals surface area contributed by atoms with Crippen LogP contribution in [0.3, 0.4) is 0 Å². The summed E-state index contributed by atoms with van der Waals surface area (Å²) in [6.45, 7) is 9.18. The Labute approximate surface area is 117 Å². The van der Waals surface area contributed by atoms with Crippen molar-refractivity contribution in [3.8, 4) is 0 Å². The number of aliphatic carboxylic acids is 1. The van der Waals surface area contributed by atoms with E-state index in [0.717, 1.165) is 12.8 Å². The Kier molecular flexibility index (Phi) is 3.81. The number of carboxylic acid groups (broad SMARTS) is 1. The minimum absolute atomic E-state index is 0.143. The summed E-state index contributed by atoms with van der Waals surface area (Å²) in [7, 11) is 0. The van der Waals surface area contributed by atoms with Crippen LogP contribution in [0.1, 0.15) is 59.8 Å². The van der Waals surface area contributed by atoms with E-state index in [2.05, 4.69) is 39.8 Å². The summed E-state index contributed by atoms with van der Waals surface area (Å²) in [6, 6.07) is 0. The summed E-state index contributed by atoms with van der Waals surface area (Å²) < 4.78 is 0. The summed E-state index contributed by atoms with van der Waals surface area (Å²) in [5, 5.41) is 9.37. The SMILES string of the molecule is CC1C=CCC(C)C12CCCC(C)(C)C2CC(=O)O. The Morgan fingerprint density at radius 2 is 2.00 bits per heavy atom. The molecule has 4 atom stereocenters. The van der Waals surface area contributed by atoms with Crippen LogP contribution in [0.25, 0.3) is 0 Å². The molecule has 2 aliphatic carbocycles. The maximum atomic E-state index is 11.4. The first-order valence-corrected chi connectivity index (χ1v) is 7.69. The zero-order valence-corrected chi connectivity index (χ0v) is 12.8. The lowest BCUT2D eigenvalue weighted by atomic mass is 9.46. The van der Waals surface area contributed by atoms with Gasteiger partial charge in [-0.1, -0.05) is 46.3 Å². The molecule has 1 fully saturated rings. The molecule has 0 aliphatic heterocycles. The van der Waals surface area contributed by atoms with Gasteiger partial charge in [-0.05, 0) is 47.8 Å². The van der Waals surface area contributed by atoms with Crippen LogP contribution in [0.15, 0.2) is 12.2 Å². The standard InChI is InChI=1S/C17H28O2/c1-12-7-5-8-13(2)17(12)10-6-9-16(3,4)14(17)11-15(18)19/h5,7,12-14H,6,8-11H2,1-4H3,(H,18,19). The van der Waals surface area contributed by atoms with E-state index in [1.807, 2.05) is 0 Å². The van der Waals surface area contributed by atoms with Gasteiger partial charge < -0.3 is 5.11 Å². The molecule has 2 nitrogen and oxygen atoms in total. The third-order valence-electron chi connectivity index (χ3n) is 6.08. The Bertz CT molecular complexity index is 383. The average molecular weight is 264 g/mol. The van der Waals surface area contributed by atoms with Gasteiger partial charge in [0.1, 0.15) is 0 Å². The highest BCUT2D eigenvalue weighted by atomic mass is 16.4. The number of carbonyl (C=O) groups is 1. The van der Waals surface area contributed by atoms with Gasteiger partial charge in [-0.3, -0.25) is 4.79 Å². The second-order valence-electron chi connectivity index (χ2n) is 7.46. The predicted octanol–water partition coefficient (Wildman–Crippen LogP) is 4.51. The van der Waals surface area contributed by atoms with Gasteiger partial charge in [0.15, 0.2) is 0 Å². The lowest BCUT2D eigenvalue weighted by molar-refractivity contribution is -0.147. The van der Waals surface area contributed by atoms with E-state index in [0.29, 0.717) is 24.2 Å². The molecule has 0 aromatic carbocycles. The van der Waals surface area contributed by atoms with Crippen molar-refractivity contribution < 1.29 is 9.90 Å². The summed E-state index contributed by atoms with van der Waals surface area (Å²) in [4.78, 5) is 11.4. The Morgan fingerprint density at radius 1 is 1.32 bits per heavy atom. The third-order valence-corrected chi connectivity index (χ3v) is 6.08. The summed E-state index contributed by atoms with van der Waals surface area (Å²) in [5.74, 6) is 0.756. The summed E-state index contributed by atoms with van der Waals surface area (Å²) in [5.41, 5.74) is 0.333. The van der Waals surface area contributed by atoms with Gasteiger partial charge in [0.05, 0.1) is 0 Å². The van der Waals surface area contributed by atoms with Crippen molar-refractivity contribution in [3.63, 3.8) is 0 Å². The first-order valence-electron chi connectivity index (χ1n) is 7.69. The Hall–Kier alpha value is -0.790. The fourth-order valence-corrected chi connectivity index (χ4v) is 5.04. The first-order chi connectivity index (χ1) is 8.80. The van der Waals surface area contributed by atoms with Crippen molar-refractivity contribution in [1.29, 1.82) is 0 Å². The quantitative estimate of drug-likeness (QED) is 0.745. The second-order valence-corrected chi connectivity index (χ2v) is 7.46. The number of carboxylic acids is 1. The minimum atomic E-state index is -0.631. The van der Waals surface area contributed by atoms with Gasteiger partial charge in [-0.15, -0.1) is 0 Å².